The highest BCUT2D eigenvalue weighted by Gasteiger charge is 2.45. The molecule has 1 spiro atoms. The van der Waals surface area contributed by atoms with Crippen molar-refractivity contribution >= 4 is 5.69 Å². The lowest BCUT2D eigenvalue weighted by molar-refractivity contribution is 0.0667. The molecule has 124 valence electrons. The number of anilines is 1. The molecule has 1 N–H and O–H groups in total. The molecule has 2 saturated carbocycles. The number of halogens is 1. The van der Waals surface area contributed by atoms with Crippen molar-refractivity contribution in [1.29, 1.82) is 0 Å². The van der Waals surface area contributed by atoms with Crippen LogP contribution in [0.5, 0.6) is 0 Å². The first-order valence-electron chi connectivity index (χ1n) is 9.51. The van der Waals surface area contributed by atoms with E-state index >= 15 is 0 Å². The average Bonchev–Trinajstić information content (AvgIpc) is 3.11. The Hall–Kier alpha value is -1.09. The third-order valence-electron chi connectivity index (χ3n) is 7.39. The standard InChI is InChI=1S/C20H27FN2/c21-16-4-5-18-17(12-16)20(13-22-18)7-9-23(10-8-20)19-6-2-14-1-3-15(19)11-14/h4-5,12,14-15,19,22H,1-3,6-11,13H2. The Morgan fingerprint density at radius 1 is 1.09 bits per heavy atom. The first-order valence-corrected chi connectivity index (χ1v) is 9.51. The molecule has 2 bridgehead atoms. The van der Waals surface area contributed by atoms with E-state index in [1.807, 2.05) is 6.07 Å². The summed E-state index contributed by atoms with van der Waals surface area (Å²) in [5.74, 6) is 1.93. The number of fused-ring (bicyclic) bond motifs is 4. The Labute approximate surface area is 138 Å². The molecule has 23 heavy (non-hydrogen) atoms. The zero-order valence-electron chi connectivity index (χ0n) is 13.9. The molecule has 0 amide bonds. The van der Waals surface area contributed by atoms with E-state index in [0.29, 0.717) is 0 Å². The van der Waals surface area contributed by atoms with E-state index < -0.39 is 0 Å². The molecule has 3 unspecified atom stereocenters. The number of nitrogens with zero attached hydrogens (tertiary/aromatic N) is 1. The fourth-order valence-electron chi connectivity index (χ4n) is 6.05. The summed E-state index contributed by atoms with van der Waals surface area (Å²) in [6.45, 7) is 3.39. The second-order valence-electron chi connectivity index (χ2n) is 8.44. The monoisotopic (exact) mass is 314 g/mol. The van der Waals surface area contributed by atoms with Crippen molar-refractivity contribution in [3.63, 3.8) is 0 Å². The number of nitrogens with one attached hydrogen (secondary N) is 1. The van der Waals surface area contributed by atoms with E-state index in [1.165, 1.54) is 63.6 Å². The predicted octanol–water partition coefficient (Wildman–Crippen LogP) is 4.16. The van der Waals surface area contributed by atoms with Gasteiger partial charge in [0.1, 0.15) is 5.82 Å². The molecule has 3 fully saturated rings. The number of piperidine rings is 1. The molecule has 1 saturated heterocycles. The Balaban J connectivity index is 1.33. The number of rotatable bonds is 1. The lowest BCUT2D eigenvalue weighted by Gasteiger charge is -2.45. The summed E-state index contributed by atoms with van der Waals surface area (Å²) in [4.78, 5) is 2.79. The lowest BCUT2D eigenvalue weighted by atomic mass is 9.73. The summed E-state index contributed by atoms with van der Waals surface area (Å²) in [6, 6.07) is 6.13. The number of benzene rings is 1. The van der Waals surface area contributed by atoms with Gasteiger partial charge in [-0.15, -0.1) is 0 Å². The first-order chi connectivity index (χ1) is 11.2. The van der Waals surface area contributed by atoms with Crippen LogP contribution in [0.2, 0.25) is 0 Å². The van der Waals surface area contributed by atoms with Crippen molar-refractivity contribution in [1.82, 2.24) is 4.90 Å². The Morgan fingerprint density at radius 3 is 2.78 bits per heavy atom. The van der Waals surface area contributed by atoms with Gasteiger partial charge in [0.25, 0.3) is 0 Å². The quantitative estimate of drug-likeness (QED) is 0.837. The van der Waals surface area contributed by atoms with E-state index in [9.17, 15) is 4.39 Å². The minimum Gasteiger partial charge on any atom is -0.384 e. The van der Waals surface area contributed by atoms with Gasteiger partial charge in [0, 0.05) is 23.7 Å². The van der Waals surface area contributed by atoms with Crippen molar-refractivity contribution in [3.05, 3.63) is 29.6 Å². The topological polar surface area (TPSA) is 15.3 Å². The molecule has 0 aromatic heterocycles. The largest absolute Gasteiger partial charge is 0.384 e. The average molecular weight is 314 g/mol. The molecule has 0 radical (unpaired) electrons. The Kier molecular flexibility index (Phi) is 3.23. The minimum atomic E-state index is -0.0847. The van der Waals surface area contributed by atoms with Gasteiger partial charge in [0.05, 0.1) is 0 Å². The molecule has 5 rings (SSSR count). The van der Waals surface area contributed by atoms with Crippen LogP contribution < -0.4 is 5.32 Å². The van der Waals surface area contributed by atoms with E-state index in [1.54, 1.807) is 12.1 Å². The fourth-order valence-corrected chi connectivity index (χ4v) is 6.05. The molecule has 3 atom stereocenters. The highest BCUT2D eigenvalue weighted by Crippen LogP contribution is 2.48. The van der Waals surface area contributed by atoms with Crippen molar-refractivity contribution in [2.75, 3.05) is 25.0 Å². The van der Waals surface area contributed by atoms with Crippen molar-refractivity contribution in [3.8, 4) is 0 Å². The molecule has 2 nitrogen and oxygen atoms in total. The Bertz CT molecular complexity index is 606. The summed E-state index contributed by atoms with van der Waals surface area (Å²) in [5.41, 5.74) is 2.58. The second kappa shape index (κ2) is 5.20. The van der Waals surface area contributed by atoms with Gasteiger partial charge in [-0.2, -0.15) is 0 Å². The summed E-state index contributed by atoms with van der Waals surface area (Å²) < 4.78 is 13.7. The molecule has 3 heteroatoms. The van der Waals surface area contributed by atoms with Crippen LogP contribution in [0.3, 0.4) is 0 Å². The molecule has 4 aliphatic rings. The van der Waals surface area contributed by atoms with E-state index in [4.69, 9.17) is 0 Å². The third-order valence-corrected chi connectivity index (χ3v) is 7.39. The molecule has 2 aliphatic heterocycles. The van der Waals surface area contributed by atoms with Crippen LogP contribution in [0.15, 0.2) is 18.2 Å². The van der Waals surface area contributed by atoms with Crippen LogP contribution in [0.25, 0.3) is 0 Å². The number of hydrogen-bond donors (Lipinski definition) is 1. The summed E-state index contributed by atoms with van der Waals surface area (Å²) >= 11 is 0. The molecule has 1 aromatic carbocycles. The first kappa shape index (κ1) is 14.3. The van der Waals surface area contributed by atoms with E-state index in [0.717, 1.165) is 30.1 Å². The minimum absolute atomic E-state index is 0.0847. The molecular weight excluding hydrogens is 287 g/mol. The highest BCUT2D eigenvalue weighted by atomic mass is 19.1. The van der Waals surface area contributed by atoms with Crippen LogP contribution >= 0.6 is 0 Å². The van der Waals surface area contributed by atoms with Gasteiger partial charge < -0.3 is 10.2 Å². The van der Waals surface area contributed by atoms with Gasteiger partial charge in [-0.1, -0.05) is 6.42 Å². The van der Waals surface area contributed by atoms with Gasteiger partial charge in [-0.3, -0.25) is 0 Å². The lowest BCUT2D eigenvalue weighted by Crippen LogP contribution is -2.50. The molecule has 1 aromatic rings. The maximum atomic E-state index is 13.7. The maximum absolute atomic E-state index is 13.7. The predicted molar refractivity (Wildman–Crippen MR) is 91.2 cm³/mol. The normalized spacial score (nSPS) is 35.3. The van der Waals surface area contributed by atoms with E-state index in [-0.39, 0.29) is 11.2 Å². The summed E-state index contributed by atoms with van der Waals surface area (Å²) in [7, 11) is 0. The number of hydrogen-bond acceptors (Lipinski definition) is 2. The third kappa shape index (κ3) is 2.23. The SMILES string of the molecule is Fc1ccc2c(c1)C1(CCN(C3CCC4CCC3C4)CC1)CN2. The fraction of sp³-hybridized carbons (Fsp3) is 0.700. The molecule has 2 aliphatic carbocycles. The smallest absolute Gasteiger partial charge is 0.123 e. The van der Waals surface area contributed by atoms with Gasteiger partial charge in [0.2, 0.25) is 0 Å². The molecule has 2 heterocycles. The van der Waals surface area contributed by atoms with Gasteiger partial charge in [-0.05, 0) is 87.2 Å². The zero-order valence-corrected chi connectivity index (χ0v) is 13.9. The van der Waals surface area contributed by atoms with Crippen LogP contribution in [0.1, 0.15) is 50.5 Å². The van der Waals surface area contributed by atoms with Crippen molar-refractivity contribution < 1.29 is 4.39 Å². The van der Waals surface area contributed by atoms with Crippen LogP contribution in [-0.2, 0) is 5.41 Å². The van der Waals surface area contributed by atoms with Crippen LogP contribution in [0, 0.1) is 17.7 Å². The maximum Gasteiger partial charge on any atom is 0.123 e. The van der Waals surface area contributed by atoms with Gasteiger partial charge >= 0.3 is 0 Å². The Morgan fingerprint density at radius 2 is 1.91 bits per heavy atom. The molecular formula is C20H27FN2. The van der Waals surface area contributed by atoms with E-state index in [2.05, 4.69) is 10.2 Å². The van der Waals surface area contributed by atoms with Gasteiger partial charge in [-0.25, -0.2) is 4.39 Å². The van der Waals surface area contributed by atoms with Crippen molar-refractivity contribution in [2.24, 2.45) is 11.8 Å². The summed E-state index contributed by atoms with van der Waals surface area (Å²) in [5, 5.41) is 3.52. The van der Waals surface area contributed by atoms with Crippen molar-refractivity contribution in [2.45, 2.75) is 56.4 Å². The van der Waals surface area contributed by atoms with Gasteiger partial charge in [0.15, 0.2) is 0 Å². The number of likely N-dealkylation sites (tertiary alicyclic amines) is 1. The highest BCUT2D eigenvalue weighted by molar-refractivity contribution is 5.60. The van der Waals surface area contributed by atoms with Crippen LogP contribution in [0.4, 0.5) is 10.1 Å². The second-order valence-corrected chi connectivity index (χ2v) is 8.44. The zero-order chi connectivity index (χ0) is 15.4. The summed E-state index contributed by atoms with van der Waals surface area (Å²) in [6.07, 6.45) is 9.68. The van der Waals surface area contributed by atoms with Crippen LogP contribution in [-0.4, -0.2) is 30.6 Å².